The van der Waals surface area contributed by atoms with Crippen molar-refractivity contribution in [3.8, 4) is 0 Å². The van der Waals surface area contributed by atoms with Crippen molar-refractivity contribution in [3.05, 3.63) is 23.0 Å². The van der Waals surface area contributed by atoms with Gasteiger partial charge in [-0.25, -0.2) is 14.8 Å². The lowest BCUT2D eigenvalue weighted by molar-refractivity contribution is 0.174. The molecule has 17 heavy (non-hydrogen) atoms. The van der Waals surface area contributed by atoms with E-state index in [1.165, 1.54) is 17.8 Å². The van der Waals surface area contributed by atoms with E-state index in [1.54, 1.807) is 6.26 Å². The second kappa shape index (κ2) is 6.68. The maximum atomic E-state index is 11.3. The van der Waals surface area contributed by atoms with Gasteiger partial charge in [-0.2, -0.15) is 0 Å². The molecule has 0 atom stereocenters. The van der Waals surface area contributed by atoms with Gasteiger partial charge >= 0.3 is 6.09 Å². The number of ether oxygens (including phenoxy) is 1. The number of nitrogens with one attached hydrogen (secondary N) is 1. The number of hydrogen-bond acceptors (Lipinski definition) is 5. The summed E-state index contributed by atoms with van der Waals surface area (Å²) in [5.74, 6) is 0. The minimum absolute atomic E-state index is 0.0601. The summed E-state index contributed by atoms with van der Waals surface area (Å²) in [6.07, 6.45) is 2.53. The lowest BCUT2D eigenvalue weighted by Gasteiger charge is -2.08. The SMILES string of the molecule is C=CCOC(=O)Nc1c(Cl)nc(SC)nc1Cl. The van der Waals surface area contributed by atoms with Gasteiger partial charge in [0.2, 0.25) is 0 Å². The summed E-state index contributed by atoms with van der Waals surface area (Å²) in [5, 5.41) is 2.90. The Hall–Kier alpha value is -0.980. The van der Waals surface area contributed by atoms with E-state index in [-0.39, 0.29) is 22.6 Å². The Morgan fingerprint density at radius 1 is 1.53 bits per heavy atom. The molecule has 0 fully saturated rings. The van der Waals surface area contributed by atoms with Gasteiger partial charge in [0.05, 0.1) is 0 Å². The van der Waals surface area contributed by atoms with Gasteiger partial charge in [0, 0.05) is 0 Å². The normalized spacial score (nSPS) is 9.82. The van der Waals surface area contributed by atoms with Crippen LogP contribution in [0.15, 0.2) is 17.8 Å². The molecule has 0 bridgehead atoms. The molecule has 92 valence electrons. The molecule has 1 aromatic heterocycles. The van der Waals surface area contributed by atoms with E-state index < -0.39 is 6.09 Å². The van der Waals surface area contributed by atoms with Gasteiger partial charge < -0.3 is 4.74 Å². The predicted octanol–water partition coefficient (Wildman–Crippen LogP) is 3.24. The summed E-state index contributed by atoms with van der Waals surface area (Å²) in [7, 11) is 0. The van der Waals surface area contributed by atoms with E-state index in [2.05, 4.69) is 21.9 Å². The number of amides is 1. The highest BCUT2D eigenvalue weighted by Crippen LogP contribution is 2.29. The monoisotopic (exact) mass is 293 g/mol. The molecule has 0 aliphatic carbocycles. The molecule has 0 unspecified atom stereocenters. The molecule has 0 radical (unpaired) electrons. The van der Waals surface area contributed by atoms with Gasteiger partial charge in [-0.1, -0.05) is 47.6 Å². The van der Waals surface area contributed by atoms with Crippen LogP contribution in [0.4, 0.5) is 10.5 Å². The Labute approximate surface area is 113 Å². The van der Waals surface area contributed by atoms with E-state index in [0.29, 0.717) is 5.16 Å². The second-order valence-corrected chi connectivity index (χ2v) is 4.17. The molecule has 1 amide bonds. The summed E-state index contributed by atoms with van der Waals surface area (Å²) < 4.78 is 4.72. The molecule has 0 aliphatic heterocycles. The standard InChI is InChI=1S/C9H9Cl2N3O2S/c1-3-4-16-9(15)12-5-6(10)13-8(17-2)14-7(5)11/h3H,1,4H2,2H3,(H,12,15). The maximum Gasteiger partial charge on any atom is 0.412 e. The van der Waals surface area contributed by atoms with Crippen molar-refractivity contribution in [2.24, 2.45) is 0 Å². The van der Waals surface area contributed by atoms with Crippen molar-refractivity contribution in [3.63, 3.8) is 0 Å². The van der Waals surface area contributed by atoms with E-state index in [0.717, 1.165) is 0 Å². The first-order valence-electron chi connectivity index (χ1n) is 4.40. The molecule has 0 aliphatic rings. The molecule has 1 N–H and O–H groups in total. The van der Waals surface area contributed by atoms with Crippen molar-refractivity contribution in [2.45, 2.75) is 5.16 Å². The van der Waals surface area contributed by atoms with Crippen LogP contribution in [-0.2, 0) is 4.74 Å². The van der Waals surface area contributed by atoms with Crippen molar-refractivity contribution in [1.29, 1.82) is 0 Å². The first-order valence-corrected chi connectivity index (χ1v) is 6.38. The van der Waals surface area contributed by atoms with Crippen molar-refractivity contribution < 1.29 is 9.53 Å². The third-order valence-corrected chi connectivity index (χ3v) is 2.64. The molecule has 8 heteroatoms. The Morgan fingerprint density at radius 2 is 2.12 bits per heavy atom. The van der Waals surface area contributed by atoms with Crippen LogP contribution in [0.25, 0.3) is 0 Å². The minimum Gasteiger partial charge on any atom is -0.445 e. The largest absolute Gasteiger partial charge is 0.445 e. The molecule has 5 nitrogen and oxygen atoms in total. The zero-order valence-corrected chi connectivity index (χ0v) is 11.2. The van der Waals surface area contributed by atoms with Crippen molar-refractivity contribution >= 4 is 46.7 Å². The van der Waals surface area contributed by atoms with Crippen LogP contribution < -0.4 is 5.32 Å². The highest BCUT2D eigenvalue weighted by atomic mass is 35.5. The first-order chi connectivity index (χ1) is 8.08. The van der Waals surface area contributed by atoms with E-state index in [1.807, 2.05) is 0 Å². The van der Waals surface area contributed by atoms with Gasteiger partial charge in [-0.05, 0) is 6.26 Å². The van der Waals surface area contributed by atoms with Crippen LogP contribution in [0.3, 0.4) is 0 Å². The first kappa shape index (κ1) is 14.1. The second-order valence-electron chi connectivity index (χ2n) is 2.68. The number of nitrogens with zero attached hydrogens (tertiary/aromatic N) is 2. The van der Waals surface area contributed by atoms with Crippen LogP contribution in [0.5, 0.6) is 0 Å². The van der Waals surface area contributed by atoms with Gasteiger partial charge in [0.25, 0.3) is 0 Å². The highest BCUT2D eigenvalue weighted by molar-refractivity contribution is 7.98. The topological polar surface area (TPSA) is 64.1 Å². The number of carbonyl (C=O) groups excluding carboxylic acids is 1. The lowest BCUT2D eigenvalue weighted by Crippen LogP contribution is -2.15. The molecule has 0 saturated carbocycles. The minimum atomic E-state index is -0.700. The number of rotatable bonds is 4. The zero-order chi connectivity index (χ0) is 12.8. The average molecular weight is 294 g/mol. The number of aromatic nitrogens is 2. The fraction of sp³-hybridized carbons (Fsp3) is 0.222. The fourth-order valence-electron chi connectivity index (χ4n) is 0.857. The molecule has 0 aromatic carbocycles. The van der Waals surface area contributed by atoms with Crippen molar-refractivity contribution in [1.82, 2.24) is 9.97 Å². The number of anilines is 1. The van der Waals surface area contributed by atoms with E-state index in [4.69, 9.17) is 27.9 Å². The van der Waals surface area contributed by atoms with Gasteiger partial charge in [0.15, 0.2) is 15.5 Å². The fourth-order valence-corrected chi connectivity index (χ4v) is 1.80. The van der Waals surface area contributed by atoms with Crippen LogP contribution in [0.1, 0.15) is 0 Å². The Bertz CT molecular complexity index is 419. The van der Waals surface area contributed by atoms with Crippen LogP contribution in [-0.4, -0.2) is 28.9 Å². The zero-order valence-electron chi connectivity index (χ0n) is 8.87. The number of hydrogen-bond donors (Lipinski definition) is 1. The Balaban J connectivity index is 2.84. The van der Waals surface area contributed by atoms with E-state index in [9.17, 15) is 4.79 Å². The predicted molar refractivity (Wildman–Crippen MR) is 69.0 cm³/mol. The Morgan fingerprint density at radius 3 is 2.59 bits per heavy atom. The number of thioether (sulfide) groups is 1. The van der Waals surface area contributed by atoms with Gasteiger partial charge in [-0.15, -0.1) is 0 Å². The van der Waals surface area contributed by atoms with Gasteiger partial charge in [-0.3, -0.25) is 5.32 Å². The molecule has 0 spiro atoms. The molecule has 0 saturated heterocycles. The number of halogens is 2. The summed E-state index contributed by atoms with van der Waals surface area (Å²) in [5.41, 5.74) is 0.125. The summed E-state index contributed by atoms with van der Waals surface area (Å²) in [4.78, 5) is 19.1. The molecule has 1 heterocycles. The third-order valence-electron chi connectivity index (χ3n) is 1.54. The Kier molecular flexibility index (Phi) is 5.54. The molecular weight excluding hydrogens is 285 g/mol. The lowest BCUT2D eigenvalue weighted by atomic mass is 10.5. The summed E-state index contributed by atoms with van der Waals surface area (Å²) in [6, 6.07) is 0. The summed E-state index contributed by atoms with van der Waals surface area (Å²) in [6.45, 7) is 3.50. The highest BCUT2D eigenvalue weighted by Gasteiger charge is 2.14. The summed E-state index contributed by atoms with van der Waals surface area (Å²) >= 11 is 13.0. The van der Waals surface area contributed by atoms with Crippen LogP contribution in [0.2, 0.25) is 10.3 Å². The van der Waals surface area contributed by atoms with Crippen molar-refractivity contribution in [2.75, 3.05) is 18.2 Å². The van der Waals surface area contributed by atoms with Crippen LogP contribution in [0, 0.1) is 0 Å². The average Bonchev–Trinajstić information content (AvgIpc) is 2.30. The molecule has 1 rings (SSSR count). The maximum absolute atomic E-state index is 11.3. The molecule has 1 aromatic rings. The number of carbonyl (C=O) groups is 1. The third kappa shape index (κ3) is 4.07. The molecular formula is C9H9Cl2N3O2S. The smallest absolute Gasteiger partial charge is 0.412 e. The van der Waals surface area contributed by atoms with E-state index >= 15 is 0 Å². The van der Waals surface area contributed by atoms with Crippen LogP contribution >= 0.6 is 35.0 Å². The quantitative estimate of drug-likeness (QED) is 0.400. The van der Waals surface area contributed by atoms with Gasteiger partial charge in [0.1, 0.15) is 12.3 Å².